The minimum Gasteiger partial charge on any atom is -0.390 e. The minimum absolute atomic E-state index is 0.395. The van der Waals surface area contributed by atoms with Crippen LogP contribution < -0.4 is 0 Å². The van der Waals surface area contributed by atoms with Gasteiger partial charge in [-0.1, -0.05) is 51.9 Å². The maximum absolute atomic E-state index is 10.2. The molecule has 0 amide bonds. The van der Waals surface area contributed by atoms with Crippen molar-refractivity contribution >= 4 is 0 Å². The van der Waals surface area contributed by atoms with E-state index in [4.69, 9.17) is 0 Å². The number of rotatable bonds is 6. The Bertz CT molecular complexity index is 157. The van der Waals surface area contributed by atoms with Crippen LogP contribution in [-0.2, 0) is 0 Å². The number of hydrogen-bond acceptors (Lipinski definition) is 1. The summed E-state index contributed by atoms with van der Waals surface area (Å²) in [5, 5.41) is 10.2. The topological polar surface area (TPSA) is 20.2 Å². The molecule has 1 atom stereocenters. The summed E-state index contributed by atoms with van der Waals surface area (Å²) in [6, 6.07) is 0. The summed E-state index contributed by atoms with van der Waals surface area (Å²) in [5.74, 6) is 0.909. The van der Waals surface area contributed by atoms with Gasteiger partial charge in [-0.25, -0.2) is 0 Å². The van der Waals surface area contributed by atoms with Gasteiger partial charge < -0.3 is 5.11 Å². The molecule has 0 bridgehead atoms. The van der Waals surface area contributed by atoms with Crippen molar-refractivity contribution < 1.29 is 5.11 Å². The average molecular weight is 212 g/mol. The van der Waals surface area contributed by atoms with Gasteiger partial charge >= 0.3 is 0 Å². The number of unbranched alkanes of at least 4 members (excludes halogenated alkanes) is 1. The van der Waals surface area contributed by atoms with Crippen LogP contribution in [0.3, 0.4) is 0 Å². The molecule has 0 saturated heterocycles. The minimum atomic E-state index is -0.395. The van der Waals surface area contributed by atoms with E-state index in [9.17, 15) is 5.11 Å². The molecule has 0 aromatic heterocycles. The molecule has 1 fully saturated rings. The lowest BCUT2D eigenvalue weighted by atomic mass is 9.82. The van der Waals surface area contributed by atoms with Crippen LogP contribution in [0.15, 0.2) is 0 Å². The van der Waals surface area contributed by atoms with E-state index in [1.54, 1.807) is 0 Å². The Morgan fingerprint density at radius 1 is 1.13 bits per heavy atom. The fourth-order valence-corrected chi connectivity index (χ4v) is 2.67. The molecule has 1 unspecified atom stereocenters. The van der Waals surface area contributed by atoms with Crippen LogP contribution in [0, 0.1) is 5.92 Å². The maximum Gasteiger partial charge on any atom is 0.0619 e. The van der Waals surface area contributed by atoms with E-state index in [1.807, 2.05) is 6.92 Å². The smallest absolute Gasteiger partial charge is 0.0619 e. The van der Waals surface area contributed by atoms with E-state index in [1.165, 1.54) is 44.9 Å². The molecule has 1 rings (SSSR count). The largest absolute Gasteiger partial charge is 0.390 e. The fraction of sp³-hybridized carbons (Fsp3) is 1.00. The number of aliphatic hydroxyl groups is 1. The molecule has 1 aliphatic rings. The SMILES string of the molecule is CCCCC(C)(O)CCC1CCCCC1. The van der Waals surface area contributed by atoms with E-state index < -0.39 is 5.60 Å². The lowest BCUT2D eigenvalue weighted by Gasteiger charge is -2.27. The Kier molecular flexibility index (Phi) is 5.66. The molecule has 1 nitrogen and oxygen atoms in total. The first-order valence-electron chi connectivity index (χ1n) is 6.86. The highest BCUT2D eigenvalue weighted by molar-refractivity contribution is 4.75. The van der Waals surface area contributed by atoms with E-state index in [0.29, 0.717) is 0 Å². The van der Waals surface area contributed by atoms with Crippen molar-refractivity contribution in [3.63, 3.8) is 0 Å². The molecule has 0 aromatic rings. The zero-order valence-corrected chi connectivity index (χ0v) is 10.6. The van der Waals surface area contributed by atoms with Gasteiger partial charge in [0.15, 0.2) is 0 Å². The van der Waals surface area contributed by atoms with Crippen LogP contribution in [0.1, 0.15) is 78.1 Å². The Hall–Kier alpha value is -0.0400. The highest BCUT2D eigenvalue weighted by Gasteiger charge is 2.22. The fourth-order valence-electron chi connectivity index (χ4n) is 2.67. The third-order valence-corrected chi connectivity index (χ3v) is 3.88. The Balaban J connectivity index is 2.15. The van der Waals surface area contributed by atoms with Gasteiger partial charge in [-0.2, -0.15) is 0 Å². The van der Waals surface area contributed by atoms with Gasteiger partial charge in [0.1, 0.15) is 0 Å². The van der Waals surface area contributed by atoms with Gasteiger partial charge in [-0.15, -0.1) is 0 Å². The molecule has 15 heavy (non-hydrogen) atoms. The Morgan fingerprint density at radius 2 is 1.80 bits per heavy atom. The molecule has 1 heteroatoms. The summed E-state index contributed by atoms with van der Waals surface area (Å²) in [6.45, 7) is 4.21. The summed E-state index contributed by atoms with van der Waals surface area (Å²) >= 11 is 0. The van der Waals surface area contributed by atoms with Crippen molar-refractivity contribution in [2.75, 3.05) is 0 Å². The third kappa shape index (κ3) is 5.55. The molecular formula is C14H28O. The van der Waals surface area contributed by atoms with Crippen molar-refractivity contribution in [2.45, 2.75) is 83.7 Å². The first-order valence-corrected chi connectivity index (χ1v) is 6.86. The van der Waals surface area contributed by atoms with Gasteiger partial charge in [0.25, 0.3) is 0 Å². The first kappa shape index (κ1) is 13.0. The zero-order chi connectivity index (χ0) is 11.1. The lowest BCUT2D eigenvalue weighted by molar-refractivity contribution is 0.0315. The highest BCUT2D eigenvalue weighted by Crippen LogP contribution is 2.30. The van der Waals surface area contributed by atoms with Crippen LogP contribution in [-0.4, -0.2) is 10.7 Å². The van der Waals surface area contributed by atoms with Gasteiger partial charge in [0.05, 0.1) is 5.60 Å². The van der Waals surface area contributed by atoms with Crippen LogP contribution in [0.4, 0.5) is 0 Å². The average Bonchev–Trinajstić information content (AvgIpc) is 2.25. The predicted octanol–water partition coefficient (Wildman–Crippen LogP) is 4.29. The molecule has 90 valence electrons. The quantitative estimate of drug-likeness (QED) is 0.696. The lowest BCUT2D eigenvalue weighted by Crippen LogP contribution is -2.25. The monoisotopic (exact) mass is 212 g/mol. The second-order valence-electron chi connectivity index (χ2n) is 5.64. The summed E-state index contributed by atoms with van der Waals surface area (Å²) in [6.07, 6.45) is 12.7. The van der Waals surface area contributed by atoms with Crippen LogP contribution >= 0.6 is 0 Å². The predicted molar refractivity (Wildman–Crippen MR) is 66.0 cm³/mol. The summed E-state index contributed by atoms with van der Waals surface area (Å²) in [4.78, 5) is 0. The van der Waals surface area contributed by atoms with Gasteiger partial charge in [0.2, 0.25) is 0 Å². The molecule has 1 saturated carbocycles. The van der Waals surface area contributed by atoms with Crippen molar-refractivity contribution in [1.82, 2.24) is 0 Å². The second-order valence-corrected chi connectivity index (χ2v) is 5.64. The molecule has 0 aromatic carbocycles. The van der Waals surface area contributed by atoms with Crippen molar-refractivity contribution in [2.24, 2.45) is 5.92 Å². The van der Waals surface area contributed by atoms with Crippen molar-refractivity contribution in [3.05, 3.63) is 0 Å². The van der Waals surface area contributed by atoms with E-state index in [-0.39, 0.29) is 0 Å². The van der Waals surface area contributed by atoms with Crippen LogP contribution in [0.25, 0.3) is 0 Å². The van der Waals surface area contributed by atoms with Gasteiger partial charge in [-0.05, 0) is 32.1 Å². The van der Waals surface area contributed by atoms with Crippen molar-refractivity contribution in [3.8, 4) is 0 Å². The zero-order valence-electron chi connectivity index (χ0n) is 10.6. The van der Waals surface area contributed by atoms with Crippen LogP contribution in [0.5, 0.6) is 0 Å². The highest BCUT2D eigenvalue weighted by atomic mass is 16.3. The molecule has 0 radical (unpaired) electrons. The van der Waals surface area contributed by atoms with Crippen LogP contribution in [0.2, 0.25) is 0 Å². The normalized spacial score (nSPS) is 22.6. The summed E-state index contributed by atoms with van der Waals surface area (Å²) in [5.41, 5.74) is -0.395. The van der Waals surface area contributed by atoms with Gasteiger partial charge in [-0.3, -0.25) is 0 Å². The summed E-state index contributed by atoms with van der Waals surface area (Å²) < 4.78 is 0. The molecule has 1 aliphatic carbocycles. The summed E-state index contributed by atoms with van der Waals surface area (Å²) in [7, 11) is 0. The first-order chi connectivity index (χ1) is 7.14. The molecule has 1 N–H and O–H groups in total. The standard InChI is InChI=1S/C14H28O/c1-3-4-11-14(2,15)12-10-13-8-6-5-7-9-13/h13,15H,3-12H2,1-2H3. The maximum atomic E-state index is 10.2. The molecule has 0 heterocycles. The second kappa shape index (κ2) is 6.52. The van der Waals surface area contributed by atoms with Gasteiger partial charge in [0, 0.05) is 0 Å². The van der Waals surface area contributed by atoms with E-state index in [2.05, 4.69) is 6.92 Å². The number of hydrogen-bond donors (Lipinski definition) is 1. The molecule has 0 aliphatic heterocycles. The van der Waals surface area contributed by atoms with Crippen molar-refractivity contribution in [1.29, 1.82) is 0 Å². The van der Waals surface area contributed by atoms with E-state index in [0.717, 1.165) is 25.2 Å². The Labute approximate surface area is 95.3 Å². The third-order valence-electron chi connectivity index (χ3n) is 3.88. The Morgan fingerprint density at radius 3 is 2.40 bits per heavy atom. The molecule has 0 spiro atoms. The van der Waals surface area contributed by atoms with E-state index >= 15 is 0 Å². The molecular weight excluding hydrogens is 184 g/mol.